The first-order valence-electron chi connectivity index (χ1n) is 11.2. The third-order valence-electron chi connectivity index (χ3n) is 6.06. The minimum Gasteiger partial charge on any atom is -0.462 e. The van der Waals surface area contributed by atoms with Gasteiger partial charge < -0.3 is 19.9 Å². The fourth-order valence-corrected chi connectivity index (χ4v) is 4.32. The van der Waals surface area contributed by atoms with Gasteiger partial charge in [0.25, 0.3) is 0 Å². The summed E-state index contributed by atoms with van der Waals surface area (Å²) in [7, 11) is 0. The van der Waals surface area contributed by atoms with Crippen LogP contribution in [0.3, 0.4) is 0 Å². The highest BCUT2D eigenvalue weighted by Crippen LogP contribution is 2.23. The predicted molar refractivity (Wildman–Crippen MR) is 123 cm³/mol. The molecule has 2 N–H and O–H groups in total. The number of ether oxygens (including phenoxy) is 1. The molecule has 0 saturated carbocycles. The first-order valence-corrected chi connectivity index (χ1v) is 11.2. The number of hydrogen-bond acceptors (Lipinski definition) is 6. The van der Waals surface area contributed by atoms with E-state index >= 15 is 0 Å². The van der Waals surface area contributed by atoms with E-state index in [1.54, 1.807) is 19.3 Å². The molecule has 0 atom stereocenters. The van der Waals surface area contributed by atoms with Crippen LogP contribution in [0.2, 0.25) is 0 Å². The average Bonchev–Trinajstić information content (AvgIpc) is 3.12. The van der Waals surface area contributed by atoms with E-state index in [2.05, 4.69) is 56.4 Å². The van der Waals surface area contributed by atoms with Crippen molar-refractivity contribution < 1.29 is 9.53 Å². The summed E-state index contributed by atoms with van der Waals surface area (Å²) >= 11 is 0. The number of fused-ring (bicyclic) bond motifs is 1. The van der Waals surface area contributed by atoms with Gasteiger partial charge in [0, 0.05) is 42.1 Å². The van der Waals surface area contributed by atoms with Gasteiger partial charge in [0.05, 0.1) is 12.2 Å². The van der Waals surface area contributed by atoms with Crippen molar-refractivity contribution in [2.24, 2.45) is 5.92 Å². The molecular weight excluding hydrogens is 390 g/mol. The van der Waals surface area contributed by atoms with Crippen molar-refractivity contribution in [3.8, 4) is 0 Å². The van der Waals surface area contributed by atoms with Gasteiger partial charge in [-0.3, -0.25) is 0 Å². The molecule has 0 bridgehead atoms. The van der Waals surface area contributed by atoms with E-state index in [1.807, 2.05) is 0 Å². The average molecular weight is 422 g/mol. The molecule has 0 aliphatic carbocycles. The van der Waals surface area contributed by atoms with Gasteiger partial charge in [0.2, 0.25) is 5.95 Å². The molecule has 0 spiro atoms. The normalized spacial score (nSPS) is 14.8. The van der Waals surface area contributed by atoms with Crippen LogP contribution in [0.25, 0.3) is 10.9 Å². The fourth-order valence-electron chi connectivity index (χ4n) is 4.32. The third-order valence-corrected chi connectivity index (χ3v) is 6.06. The molecule has 0 amide bonds. The van der Waals surface area contributed by atoms with Crippen LogP contribution in [0.15, 0.2) is 36.7 Å². The summed E-state index contributed by atoms with van der Waals surface area (Å²) < 4.78 is 4.98. The van der Waals surface area contributed by atoms with E-state index in [1.165, 1.54) is 22.2 Å². The van der Waals surface area contributed by atoms with E-state index in [9.17, 15) is 4.79 Å². The molecule has 7 heteroatoms. The van der Waals surface area contributed by atoms with E-state index in [4.69, 9.17) is 4.74 Å². The van der Waals surface area contributed by atoms with E-state index in [0.717, 1.165) is 45.4 Å². The minimum atomic E-state index is -0.373. The molecule has 1 fully saturated rings. The summed E-state index contributed by atoms with van der Waals surface area (Å²) in [6.07, 6.45) is 6.38. The predicted octanol–water partition coefficient (Wildman–Crippen LogP) is 3.49. The number of piperidine rings is 1. The second-order valence-electron chi connectivity index (χ2n) is 8.15. The highest BCUT2D eigenvalue weighted by atomic mass is 16.5. The van der Waals surface area contributed by atoms with Crippen LogP contribution in [0.4, 0.5) is 5.95 Å². The molecule has 0 radical (unpaired) electrons. The van der Waals surface area contributed by atoms with Crippen molar-refractivity contribution >= 4 is 22.8 Å². The lowest BCUT2D eigenvalue weighted by molar-refractivity contribution is 0.0525. The number of rotatable bonds is 8. The summed E-state index contributed by atoms with van der Waals surface area (Å²) in [5.41, 5.74) is 4.31. The summed E-state index contributed by atoms with van der Waals surface area (Å²) in [6, 6.07) is 8.52. The number of para-hydroxylation sites is 1. The lowest BCUT2D eigenvalue weighted by atomic mass is 9.97. The van der Waals surface area contributed by atoms with Crippen LogP contribution < -0.4 is 10.2 Å². The van der Waals surface area contributed by atoms with Crippen molar-refractivity contribution in [3.05, 3.63) is 53.5 Å². The highest BCUT2D eigenvalue weighted by Gasteiger charge is 2.21. The monoisotopic (exact) mass is 421 g/mol. The summed E-state index contributed by atoms with van der Waals surface area (Å²) in [5.74, 6) is 0.982. The number of anilines is 1. The maximum absolute atomic E-state index is 11.7. The van der Waals surface area contributed by atoms with Crippen molar-refractivity contribution in [1.82, 2.24) is 20.3 Å². The lowest BCUT2D eigenvalue weighted by Gasteiger charge is -2.32. The Bertz CT molecular complexity index is 1010. The Labute approximate surface area is 183 Å². The maximum Gasteiger partial charge on any atom is 0.341 e. The van der Waals surface area contributed by atoms with Gasteiger partial charge in [0.15, 0.2) is 0 Å². The van der Waals surface area contributed by atoms with Gasteiger partial charge in [-0.1, -0.05) is 18.2 Å². The number of aryl methyl sites for hydroxylation is 1. The molecular formula is C24H31N5O2. The van der Waals surface area contributed by atoms with Crippen LogP contribution in [0.1, 0.15) is 41.4 Å². The van der Waals surface area contributed by atoms with Crippen molar-refractivity contribution in [1.29, 1.82) is 0 Å². The number of nitrogens with one attached hydrogen (secondary N) is 2. The van der Waals surface area contributed by atoms with Crippen molar-refractivity contribution in [2.45, 2.75) is 33.1 Å². The highest BCUT2D eigenvalue weighted by molar-refractivity contribution is 5.88. The second-order valence-corrected chi connectivity index (χ2v) is 8.15. The summed E-state index contributed by atoms with van der Waals surface area (Å²) in [6.45, 7) is 8.20. The minimum absolute atomic E-state index is 0.351. The number of aromatic amines is 1. The van der Waals surface area contributed by atoms with Gasteiger partial charge in [-0.25, -0.2) is 14.8 Å². The maximum atomic E-state index is 11.7. The smallest absolute Gasteiger partial charge is 0.341 e. The Morgan fingerprint density at radius 1 is 1.23 bits per heavy atom. The topological polar surface area (TPSA) is 83.1 Å². The number of H-pyrrole nitrogens is 1. The van der Waals surface area contributed by atoms with Crippen LogP contribution >= 0.6 is 0 Å². The third kappa shape index (κ3) is 5.05. The van der Waals surface area contributed by atoms with Crippen molar-refractivity contribution in [3.63, 3.8) is 0 Å². The lowest BCUT2D eigenvalue weighted by Crippen LogP contribution is -2.38. The van der Waals surface area contributed by atoms with Gasteiger partial charge >= 0.3 is 5.97 Å². The Morgan fingerprint density at radius 3 is 2.71 bits per heavy atom. The number of carbonyl (C=O) groups is 1. The van der Waals surface area contributed by atoms with Crippen molar-refractivity contribution in [2.75, 3.05) is 37.7 Å². The Morgan fingerprint density at radius 2 is 1.97 bits per heavy atom. The van der Waals surface area contributed by atoms with Crippen LogP contribution in [-0.4, -0.2) is 53.7 Å². The SMILES string of the molecule is CCOC(=O)c1cnc(N2CCC(CNCCc3c(C)[nH]c4ccccc34)CC2)nc1. The van der Waals surface area contributed by atoms with Gasteiger partial charge in [-0.05, 0) is 63.7 Å². The molecule has 1 saturated heterocycles. The van der Waals surface area contributed by atoms with E-state index in [0.29, 0.717) is 24.0 Å². The zero-order chi connectivity index (χ0) is 21.6. The number of esters is 1. The van der Waals surface area contributed by atoms with E-state index in [-0.39, 0.29) is 5.97 Å². The van der Waals surface area contributed by atoms with Crippen LogP contribution in [0, 0.1) is 12.8 Å². The molecule has 1 aliphatic rings. The molecule has 7 nitrogen and oxygen atoms in total. The second kappa shape index (κ2) is 9.92. The molecule has 3 heterocycles. The number of hydrogen-bond donors (Lipinski definition) is 2. The fraction of sp³-hybridized carbons (Fsp3) is 0.458. The Kier molecular flexibility index (Phi) is 6.82. The van der Waals surface area contributed by atoms with Crippen LogP contribution in [0.5, 0.6) is 0 Å². The van der Waals surface area contributed by atoms with Crippen LogP contribution in [-0.2, 0) is 11.2 Å². The number of carbonyl (C=O) groups excluding carboxylic acids is 1. The summed E-state index contributed by atoms with van der Waals surface area (Å²) in [4.78, 5) is 26.1. The van der Waals surface area contributed by atoms with Gasteiger partial charge in [-0.2, -0.15) is 0 Å². The first kappa shape index (κ1) is 21.3. The van der Waals surface area contributed by atoms with Gasteiger partial charge in [-0.15, -0.1) is 0 Å². The quantitative estimate of drug-likeness (QED) is 0.428. The van der Waals surface area contributed by atoms with Gasteiger partial charge in [0.1, 0.15) is 0 Å². The molecule has 31 heavy (non-hydrogen) atoms. The first-order chi connectivity index (χ1) is 15.2. The molecule has 4 rings (SSSR count). The molecule has 164 valence electrons. The number of benzene rings is 1. The molecule has 1 aromatic carbocycles. The molecule has 3 aromatic rings. The number of aromatic nitrogens is 3. The Balaban J connectivity index is 1.21. The van der Waals surface area contributed by atoms with E-state index < -0.39 is 0 Å². The Hall–Kier alpha value is -2.93. The standard InChI is InChI=1S/C24H31N5O2/c1-3-31-23(30)19-15-26-24(27-16-19)29-12-9-18(10-13-29)14-25-11-8-20-17(2)28-22-7-5-4-6-21(20)22/h4-7,15-16,18,25,28H,3,8-14H2,1-2H3. The summed E-state index contributed by atoms with van der Waals surface area (Å²) in [5, 5.41) is 4.99. The largest absolute Gasteiger partial charge is 0.462 e. The zero-order valence-corrected chi connectivity index (χ0v) is 18.4. The number of nitrogens with zero attached hydrogens (tertiary/aromatic N) is 3. The molecule has 0 unspecified atom stereocenters. The molecule has 2 aromatic heterocycles. The molecule has 1 aliphatic heterocycles. The zero-order valence-electron chi connectivity index (χ0n) is 18.4.